The van der Waals surface area contributed by atoms with Gasteiger partial charge in [0.15, 0.2) is 5.69 Å². The summed E-state index contributed by atoms with van der Waals surface area (Å²) in [5, 5.41) is 18.6. The van der Waals surface area contributed by atoms with E-state index in [0.29, 0.717) is 17.5 Å². The van der Waals surface area contributed by atoms with E-state index < -0.39 is 0 Å². The van der Waals surface area contributed by atoms with E-state index in [1.165, 1.54) is 6.07 Å². The molecule has 2 heterocycles. The van der Waals surface area contributed by atoms with Crippen LogP contribution in [-0.4, -0.2) is 15.2 Å². The summed E-state index contributed by atoms with van der Waals surface area (Å²) in [7, 11) is 0. The molecule has 0 bridgehead atoms. The van der Waals surface area contributed by atoms with Crippen molar-refractivity contribution in [2.24, 2.45) is 0 Å². The molecule has 4 nitrogen and oxygen atoms in total. The van der Waals surface area contributed by atoms with Gasteiger partial charge < -0.3 is 4.98 Å². The summed E-state index contributed by atoms with van der Waals surface area (Å²) in [4.78, 5) is 3.21. The molecule has 0 amide bonds. The fourth-order valence-electron chi connectivity index (χ4n) is 4.85. The molecule has 30 heavy (non-hydrogen) atoms. The van der Waals surface area contributed by atoms with Crippen molar-refractivity contribution in [3.63, 3.8) is 0 Å². The normalized spacial score (nSPS) is 12.6. The van der Waals surface area contributed by atoms with Gasteiger partial charge in [-0.15, -0.1) is 0 Å². The van der Waals surface area contributed by atoms with Crippen molar-refractivity contribution in [2.75, 3.05) is 0 Å². The van der Waals surface area contributed by atoms with Crippen molar-refractivity contribution >= 4 is 21.8 Å². The molecule has 2 aromatic heterocycles. The maximum absolute atomic E-state index is 14.6. The third-order valence-corrected chi connectivity index (χ3v) is 5.99. The van der Waals surface area contributed by atoms with Gasteiger partial charge in [-0.1, -0.05) is 46.8 Å². The van der Waals surface area contributed by atoms with Gasteiger partial charge in [0.1, 0.15) is 11.9 Å². The van der Waals surface area contributed by atoms with Gasteiger partial charge in [0, 0.05) is 22.5 Å². The molecule has 0 aliphatic carbocycles. The highest BCUT2D eigenvalue weighted by Gasteiger charge is 2.30. The maximum Gasteiger partial charge on any atom is 0.170 e. The summed E-state index contributed by atoms with van der Waals surface area (Å²) in [6, 6.07) is 9.55. The number of nitrogens with zero attached hydrogens (tertiary/aromatic N) is 2. The van der Waals surface area contributed by atoms with Crippen LogP contribution in [0.1, 0.15) is 62.6 Å². The molecule has 5 heteroatoms. The van der Waals surface area contributed by atoms with Crippen LogP contribution in [0.15, 0.2) is 30.5 Å². The summed E-state index contributed by atoms with van der Waals surface area (Å²) in [5.41, 5.74) is 5.99. The molecular weight excluding hydrogens is 375 g/mol. The monoisotopic (exact) mass is 402 g/mol. The number of benzene rings is 2. The number of aryl methyl sites for hydroxylation is 1. The third kappa shape index (κ3) is 3.08. The molecule has 0 spiro atoms. The highest BCUT2D eigenvalue weighted by atomic mass is 19.1. The molecular formula is C25H27FN4. The zero-order chi connectivity index (χ0) is 21.8. The van der Waals surface area contributed by atoms with E-state index in [9.17, 15) is 9.65 Å². The summed E-state index contributed by atoms with van der Waals surface area (Å²) in [5.74, 6) is -0.213. The zero-order valence-electron chi connectivity index (χ0n) is 18.4. The predicted octanol–water partition coefficient (Wildman–Crippen LogP) is 6.18. The van der Waals surface area contributed by atoms with Crippen LogP contribution < -0.4 is 0 Å². The van der Waals surface area contributed by atoms with Crippen LogP contribution in [0.2, 0.25) is 0 Å². The molecule has 4 rings (SSSR count). The van der Waals surface area contributed by atoms with Crippen molar-refractivity contribution in [3.05, 3.63) is 64.2 Å². The van der Waals surface area contributed by atoms with Crippen molar-refractivity contribution < 1.29 is 4.39 Å². The molecule has 0 aliphatic rings. The lowest BCUT2D eigenvalue weighted by Crippen LogP contribution is -2.21. The minimum absolute atomic E-state index is 0.119. The number of nitriles is 1. The Morgan fingerprint density at radius 2 is 1.87 bits per heavy atom. The Kier molecular flexibility index (Phi) is 4.50. The van der Waals surface area contributed by atoms with Crippen molar-refractivity contribution in [1.82, 2.24) is 15.2 Å². The van der Waals surface area contributed by atoms with Crippen molar-refractivity contribution in [3.8, 4) is 6.07 Å². The van der Waals surface area contributed by atoms with Crippen LogP contribution in [0.4, 0.5) is 4.39 Å². The van der Waals surface area contributed by atoms with E-state index in [-0.39, 0.29) is 16.6 Å². The van der Waals surface area contributed by atoms with Crippen LogP contribution in [0.5, 0.6) is 0 Å². The second-order valence-electron chi connectivity index (χ2n) is 9.84. The minimum Gasteiger partial charge on any atom is -0.361 e. The van der Waals surface area contributed by atoms with Gasteiger partial charge in [0.25, 0.3) is 0 Å². The summed E-state index contributed by atoms with van der Waals surface area (Å²) in [6.45, 7) is 12.8. The highest BCUT2D eigenvalue weighted by molar-refractivity contribution is 5.92. The fraction of sp³-hybridized carbons (Fsp3) is 0.360. The lowest BCUT2D eigenvalue weighted by atomic mass is 9.76. The number of hydrogen-bond donors (Lipinski definition) is 2. The Morgan fingerprint density at radius 1 is 1.13 bits per heavy atom. The number of hydrogen-bond acceptors (Lipinski definition) is 2. The Labute approximate surface area is 176 Å². The quantitative estimate of drug-likeness (QED) is 0.429. The first kappa shape index (κ1) is 20.2. The smallest absolute Gasteiger partial charge is 0.170 e. The van der Waals surface area contributed by atoms with Gasteiger partial charge in [0.05, 0.1) is 5.52 Å². The standard InChI is InChI=1S/C25H27FN4/c1-14-10-15(23-21(19(12-27)29-30-23)22(14)24(2,3)4)11-25(5,6)16-13-28-18-9-7-8-17(26)20(16)18/h7-10,13,28H,11H2,1-6H3,(H,29,30). The fourth-order valence-corrected chi connectivity index (χ4v) is 4.85. The van der Waals surface area contributed by atoms with Gasteiger partial charge >= 0.3 is 0 Å². The van der Waals surface area contributed by atoms with Crippen molar-refractivity contribution in [1.29, 1.82) is 5.26 Å². The Bertz CT molecular complexity index is 1310. The number of aromatic amines is 2. The molecule has 0 atom stereocenters. The van der Waals surface area contributed by atoms with Crippen LogP contribution in [0.25, 0.3) is 21.8 Å². The molecule has 2 N–H and O–H groups in total. The van der Waals surface area contributed by atoms with E-state index in [2.05, 4.69) is 68.9 Å². The Hall–Kier alpha value is -3.13. The molecule has 154 valence electrons. The largest absolute Gasteiger partial charge is 0.361 e. The molecule has 0 unspecified atom stereocenters. The number of aromatic nitrogens is 3. The SMILES string of the molecule is Cc1cc(CC(C)(C)c2c[nH]c3cccc(F)c23)c2[nH]nc(C#N)c2c1C(C)(C)C. The summed E-state index contributed by atoms with van der Waals surface area (Å²) in [6.07, 6.45) is 2.60. The first-order valence-corrected chi connectivity index (χ1v) is 10.2. The van der Waals surface area contributed by atoms with Crippen molar-refractivity contribution in [2.45, 2.75) is 58.8 Å². The predicted molar refractivity (Wildman–Crippen MR) is 119 cm³/mol. The number of rotatable bonds is 3. The molecule has 0 saturated carbocycles. The molecule has 0 saturated heterocycles. The van der Waals surface area contributed by atoms with Gasteiger partial charge in [0.2, 0.25) is 0 Å². The van der Waals surface area contributed by atoms with Gasteiger partial charge in [-0.2, -0.15) is 10.4 Å². The lowest BCUT2D eigenvalue weighted by molar-refractivity contribution is 0.524. The van der Waals surface area contributed by atoms with E-state index >= 15 is 0 Å². The summed E-state index contributed by atoms with van der Waals surface area (Å²) < 4.78 is 14.6. The zero-order valence-corrected chi connectivity index (χ0v) is 18.4. The van der Waals surface area contributed by atoms with Crippen LogP contribution in [-0.2, 0) is 17.3 Å². The molecule has 0 aliphatic heterocycles. The molecule has 4 aromatic rings. The van der Waals surface area contributed by atoms with Crippen LogP contribution in [0, 0.1) is 24.1 Å². The Morgan fingerprint density at radius 3 is 2.53 bits per heavy atom. The average Bonchev–Trinajstić information content (AvgIpc) is 3.25. The van der Waals surface area contributed by atoms with Gasteiger partial charge in [-0.25, -0.2) is 4.39 Å². The highest BCUT2D eigenvalue weighted by Crippen LogP contribution is 2.40. The average molecular weight is 403 g/mol. The number of H-pyrrole nitrogens is 2. The van der Waals surface area contributed by atoms with Gasteiger partial charge in [-0.3, -0.25) is 5.10 Å². The lowest BCUT2D eigenvalue weighted by Gasteiger charge is -2.28. The first-order valence-electron chi connectivity index (χ1n) is 10.2. The van der Waals surface area contributed by atoms with Gasteiger partial charge in [-0.05, 0) is 58.6 Å². The third-order valence-electron chi connectivity index (χ3n) is 5.99. The number of fused-ring (bicyclic) bond motifs is 2. The van der Waals surface area contributed by atoms with E-state index in [0.717, 1.165) is 38.7 Å². The molecule has 2 aromatic carbocycles. The van der Waals surface area contributed by atoms with E-state index in [1.807, 2.05) is 12.3 Å². The second-order valence-corrected chi connectivity index (χ2v) is 9.84. The van der Waals surface area contributed by atoms with E-state index in [4.69, 9.17) is 0 Å². The Balaban J connectivity index is 1.90. The topological polar surface area (TPSA) is 68.3 Å². The summed E-state index contributed by atoms with van der Waals surface area (Å²) >= 11 is 0. The second kappa shape index (κ2) is 6.70. The maximum atomic E-state index is 14.6. The van der Waals surface area contributed by atoms with Crippen LogP contribution >= 0.6 is 0 Å². The minimum atomic E-state index is -0.332. The molecule has 0 fully saturated rings. The first-order chi connectivity index (χ1) is 14.0. The number of nitrogens with one attached hydrogen (secondary N) is 2. The number of halogens is 1. The van der Waals surface area contributed by atoms with E-state index in [1.54, 1.807) is 6.07 Å². The van der Waals surface area contributed by atoms with Crippen LogP contribution in [0.3, 0.4) is 0 Å². The molecule has 0 radical (unpaired) electrons.